The minimum Gasteiger partial charge on any atom is -0.368 e. The van der Waals surface area contributed by atoms with Gasteiger partial charge in [-0.15, -0.1) is 0 Å². The highest BCUT2D eigenvalue weighted by Gasteiger charge is 2.20. The Morgan fingerprint density at radius 3 is 2.33 bits per heavy atom. The minimum absolute atomic E-state index is 0.0381. The molecule has 1 unspecified atom stereocenters. The number of nitrogens with zero attached hydrogens (tertiary/aromatic N) is 2. The molecule has 2 N–H and O–H groups in total. The van der Waals surface area contributed by atoms with E-state index in [9.17, 15) is 13.6 Å². The van der Waals surface area contributed by atoms with Crippen LogP contribution in [0.15, 0.2) is 6.07 Å². The molecule has 21 heavy (non-hydrogen) atoms. The quantitative estimate of drug-likeness (QED) is 0.812. The minimum atomic E-state index is -0.826. The fraction of sp³-hybridized carbons (Fsp3) is 0.571. The molecule has 0 aliphatic carbocycles. The van der Waals surface area contributed by atoms with Crippen molar-refractivity contribution in [2.24, 2.45) is 0 Å². The van der Waals surface area contributed by atoms with Crippen LogP contribution in [0.4, 0.5) is 20.4 Å². The number of nitrogens with one attached hydrogen (secondary N) is 2. The van der Waals surface area contributed by atoms with Gasteiger partial charge in [0.05, 0.1) is 0 Å². The molecule has 1 amide bonds. The molecule has 0 aliphatic rings. The molecule has 118 valence electrons. The van der Waals surface area contributed by atoms with Gasteiger partial charge in [-0.3, -0.25) is 4.79 Å². The van der Waals surface area contributed by atoms with E-state index in [4.69, 9.17) is 0 Å². The summed E-state index contributed by atoms with van der Waals surface area (Å²) in [6.07, 6.45) is 0. The maximum atomic E-state index is 13.7. The lowest BCUT2D eigenvalue weighted by Gasteiger charge is -2.24. The molecular formula is C14H22F2N4O. The lowest BCUT2D eigenvalue weighted by Crippen LogP contribution is -2.41. The Kier molecular flexibility index (Phi) is 6.33. The lowest BCUT2D eigenvalue weighted by atomic mass is 10.2. The normalized spacial score (nSPS) is 11.9. The zero-order valence-electron chi connectivity index (χ0n) is 12.8. The predicted molar refractivity (Wildman–Crippen MR) is 79.3 cm³/mol. The second-order valence-electron chi connectivity index (χ2n) is 4.56. The van der Waals surface area contributed by atoms with Gasteiger partial charge in [0.15, 0.2) is 23.3 Å². The Bertz CT molecular complexity index is 492. The van der Waals surface area contributed by atoms with Crippen molar-refractivity contribution in [1.29, 1.82) is 0 Å². The smallest absolute Gasteiger partial charge is 0.244 e. The summed E-state index contributed by atoms with van der Waals surface area (Å²) in [7, 11) is 0. The van der Waals surface area contributed by atoms with Crippen molar-refractivity contribution in [3.05, 3.63) is 17.7 Å². The van der Waals surface area contributed by atoms with E-state index in [2.05, 4.69) is 15.6 Å². The van der Waals surface area contributed by atoms with Crippen LogP contribution in [0, 0.1) is 11.6 Å². The number of hydrogen-bond acceptors (Lipinski definition) is 4. The Morgan fingerprint density at radius 1 is 1.24 bits per heavy atom. The highest BCUT2D eigenvalue weighted by atomic mass is 19.1. The zero-order chi connectivity index (χ0) is 16.0. The number of hydrogen-bond donors (Lipinski definition) is 2. The first kappa shape index (κ1) is 17.1. The van der Waals surface area contributed by atoms with Gasteiger partial charge in [-0.2, -0.15) is 0 Å². The van der Waals surface area contributed by atoms with Gasteiger partial charge in [-0.25, -0.2) is 13.8 Å². The summed E-state index contributed by atoms with van der Waals surface area (Å²) >= 11 is 0. The molecule has 7 heteroatoms. The monoisotopic (exact) mass is 300 g/mol. The molecule has 0 spiro atoms. The second-order valence-corrected chi connectivity index (χ2v) is 4.56. The third-order valence-electron chi connectivity index (χ3n) is 3.07. The van der Waals surface area contributed by atoms with Crippen molar-refractivity contribution in [2.75, 3.05) is 30.3 Å². The molecule has 0 aliphatic heterocycles. The maximum absolute atomic E-state index is 13.7. The third-order valence-corrected chi connectivity index (χ3v) is 3.07. The van der Waals surface area contributed by atoms with E-state index in [-0.39, 0.29) is 17.5 Å². The first-order valence-electron chi connectivity index (χ1n) is 7.09. The van der Waals surface area contributed by atoms with E-state index in [0.717, 1.165) is 6.07 Å². The molecule has 1 aromatic heterocycles. The number of anilines is 2. The molecule has 0 bridgehead atoms. The zero-order valence-corrected chi connectivity index (χ0v) is 12.8. The van der Waals surface area contributed by atoms with Crippen LogP contribution in [-0.4, -0.2) is 41.5 Å². The van der Waals surface area contributed by atoms with E-state index in [1.807, 2.05) is 13.8 Å². The van der Waals surface area contributed by atoms with Gasteiger partial charge in [0.25, 0.3) is 0 Å². The first-order valence-corrected chi connectivity index (χ1v) is 7.09. The summed E-state index contributed by atoms with van der Waals surface area (Å²) in [5.41, 5.74) is 0. The first-order chi connectivity index (χ1) is 9.94. The predicted octanol–water partition coefficient (Wildman–Crippen LogP) is 2.46. The van der Waals surface area contributed by atoms with Crippen LogP contribution in [0.25, 0.3) is 0 Å². The van der Waals surface area contributed by atoms with E-state index in [1.165, 1.54) is 0 Å². The number of carbonyl (C=O) groups excluding carboxylic acids is 1. The molecule has 0 saturated carbocycles. The SMILES string of the molecule is CCNc1nc(NC(C)C(=O)N(CC)CC)c(F)cc1F. The van der Waals surface area contributed by atoms with Crippen LogP contribution in [0.3, 0.4) is 0 Å². The third kappa shape index (κ3) is 4.27. The topological polar surface area (TPSA) is 57.3 Å². The van der Waals surface area contributed by atoms with Gasteiger partial charge in [-0.1, -0.05) is 0 Å². The average Bonchev–Trinajstić information content (AvgIpc) is 2.45. The van der Waals surface area contributed by atoms with Gasteiger partial charge in [0.2, 0.25) is 5.91 Å². The van der Waals surface area contributed by atoms with Crippen LogP contribution >= 0.6 is 0 Å². The van der Waals surface area contributed by atoms with Crippen molar-refractivity contribution >= 4 is 17.5 Å². The number of aromatic nitrogens is 1. The van der Waals surface area contributed by atoms with Crippen LogP contribution in [0.2, 0.25) is 0 Å². The van der Waals surface area contributed by atoms with Crippen molar-refractivity contribution in [1.82, 2.24) is 9.88 Å². The van der Waals surface area contributed by atoms with Crippen molar-refractivity contribution in [2.45, 2.75) is 33.7 Å². The molecule has 0 fully saturated rings. The van der Waals surface area contributed by atoms with Crippen LogP contribution in [0.5, 0.6) is 0 Å². The van der Waals surface area contributed by atoms with Crippen molar-refractivity contribution < 1.29 is 13.6 Å². The Morgan fingerprint density at radius 2 is 1.81 bits per heavy atom. The van der Waals surface area contributed by atoms with Crippen LogP contribution in [0.1, 0.15) is 27.7 Å². The molecule has 5 nitrogen and oxygen atoms in total. The molecule has 0 saturated heterocycles. The van der Waals surface area contributed by atoms with Crippen molar-refractivity contribution in [3.8, 4) is 0 Å². The Labute approximate surface area is 123 Å². The summed E-state index contributed by atoms with van der Waals surface area (Å²) in [6.45, 7) is 8.75. The molecule has 0 radical (unpaired) electrons. The van der Waals surface area contributed by atoms with Gasteiger partial charge < -0.3 is 15.5 Å². The fourth-order valence-electron chi connectivity index (χ4n) is 1.94. The molecule has 1 heterocycles. The lowest BCUT2D eigenvalue weighted by molar-refractivity contribution is -0.131. The van der Waals surface area contributed by atoms with Gasteiger partial charge in [0, 0.05) is 25.7 Å². The number of rotatable bonds is 7. The highest BCUT2D eigenvalue weighted by molar-refractivity contribution is 5.84. The number of carbonyl (C=O) groups is 1. The van der Waals surface area contributed by atoms with E-state index < -0.39 is 17.7 Å². The Hall–Kier alpha value is -1.92. The molecule has 0 aromatic carbocycles. The van der Waals surface area contributed by atoms with Crippen LogP contribution < -0.4 is 10.6 Å². The van der Waals surface area contributed by atoms with Gasteiger partial charge in [-0.05, 0) is 27.7 Å². The number of pyridine rings is 1. The summed E-state index contributed by atoms with van der Waals surface area (Å²) in [5, 5.41) is 5.40. The molecule has 1 aromatic rings. The summed E-state index contributed by atoms with van der Waals surface area (Å²) < 4.78 is 27.2. The van der Waals surface area contributed by atoms with E-state index in [0.29, 0.717) is 19.6 Å². The molecule has 1 rings (SSSR count). The second kappa shape index (κ2) is 7.75. The standard InChI is InChI=1S/C14H22F2N4O/c1-5-17-12-10(15)8-11(16)13(19-12)18-9(4)14(21)20(6-2)7-3/h8-9H,5-7H2,1-4H3,(H2,17,18,19). The largest absolute Gasteiger partial charge is 0.368 e. The number of halogens is 2. The van der Waals surface area contributed by atoms with Crippen LogP contribution in [-0.2, 0) is 4.79 Å². The molecule has 1 atom stereocenters. The summed E-state index contributed by atoms with van der Waals surface area (Å²) in [5.74, 6) is -1.92. The van der Waals surface area contributed by atoms with Gasteiger partial charge in [0.1, 0.15) is 6.04 Å². The molecular weight excluding hydrogens is 278 g/mol. The summed E-state index contributed by atoms with van der Waals surface area (Å²) in [4.78, 5) is 17.6. The van der Waals surface area contributed by atoms with Gasteiger partial charge >= 0.3 is 0 Å². The van der Waals surface area contributed by atoms with E-state index >= 15 is 0 Å². The van der Waals surface area contributed by atoms with E-state index in [1.54, 1.807) is 18.7 Å². The average molecular weight is 300 g/mol. The summed E-state index contributed by atoms with van der Waals surface area (Å²) in [6, 6.07) is 0.105. The number of amides is 1. The van der Waals surface area contributed by atoms with Crippen molar-refractivity contribution in [3.63, 3.8) is 0 Å². The fourth-order valence-corrected chi connectivity index (χ4v) is 1.94. The number of likely N-dealkylation sites (N-methyl/N-ethyl adjacent to an activating group) is 1. The highest BCUT2D eigenvalue weighted by Crippen LogP contribution is 2.19. The Balaban J connectivity index is 2.91. The maximum Gasteiger partial charge on any atom is 0.244 e.